The second-order valence-electron chi connectivity index (χ2n) is 2.36. The minimum atomic E-state index is -0.749. The molecule has 0 aliphatic heterocycles. The summed E-state index contributed by atoms with van der Waals surface area (Å²) in [5.41, 5.74) is -0.749. The first-order chi connectivity index (χ1) is 4.70. The molecule has 0 aromatic rings. The number of nitrogens with one attached hydrogen (secondary N) is 1. The molecule has 0 rings (SSSR count). The van der Waals surface area contributed by atoms with Crippen molar-refractivity contribution in [2.24, 2.45) is 0 Å². The summed E-state index contributed by atoms with van der Waals surface area (Å²) in [6.07, 6.45) is 2.17. The van der Waals surface area contributed by atoms with Crippen LogP contribution >= 0.6 is 11.6 Å². The van der Waals surface area contributed by atoms with Crippen LogP contribution in [0.15, 0.2) is 0 Å². The molecule has 1 atom stereocenters. The van der Waals surface area contributed by atoms with Crippen molar-refractivity contribution in [2.75, 3.05) is 6.54 Å². The highest BCUT2D eigenvalue weighted by Crippen LogP contribution is 1.96. The number of hydrogen-bond donors (Lipinski definition) is 2. The van der Waals surface area contributed by atoms with Crippen LogP contribution < -0.4 is 5.32 Å². The van der Waals surface area contributed by atoms with Gasteiger partial charge < -0.3 is 10.4 Å². The highest BCUT2D eigenvalue weighted by atomic mass is 35.5. The molecule has 2 nitrogen and oxygen atoms in total. The van der Waals surface area contributed by atoms with Gasteiger partial charge in [0.25, 0.3) is 0 Å². The van der Waals surface area contributed by atoms with E-state index in [2.05, 4.69) is 19.2 Å². The topological polar surface area (TPSA) is 32.3 Å². The molecule has 0 saturated heterocycles. The van der Waals surface area contributed by atoms with Crippen molar-refractivity contribution in [2.45, 2.75) is 38.3 Å². The lowest BCUT2D eigenvalue weighted by atomic mass is 10.2. The molecule has 0 amide bonds. The number of aliphatic hydroxyl groups excluding tert-OH is 1. The first-order valence-corrected chi connectivity index (χ1v) is 4.19. The zero-order chi connectivity index (χ0) is 7.98. The van der Waals surface area contributed by atoms with E-state index < -0.39 is 5.56 Å². The fourth-order valence-corrected chi connectivity index (χ4v) is 0.930. The summed E-state index contributed by atoms with van der Waals surface area (Å²) in [6.45, 7) is 4.71. The number of aliphatic hydroxyl groups is 1. The van der Waals surface area contributed by atoms with Gasteiger partial charge in [-0.25, -0.2) is 0 Å². The van der Waals surface area contributed by atoms with Crippen LogP contribution in [0, 0.1) is 0 Å². The highest BCUT2D eigenvalue weighted by molar-refractivity contribution is 6.19. The first kappa shape index (κ1) is 10.2. The van der Waals surface area contributed by atoms with E-state index in [1.807, 2.05) is 0 Å². The van der Waals surface area contributed by atoms with E-state index in [1.165, 1.54) is 0 Å². The average molecular weight is 166 g/mol. The summed E-state index contributed by atoms with van der Waals surface area (Å²) in [5.74, 6) is 0. The van der Waals surface area contributed by atoms with Crippen molar-refractivity contribution >= 4 is 11.6 Å². The zero-order valence-electron chi connectivity index (χ0n) is 6.60. The van der Waals surface area contributed by atoms with E-state index in [0.717, 1.165) is 12.8 Å². The van der Waals surface area contributed by atoms with Crippen LogP contribution in [0.25, 0.3) is 0 Å². The van der Waals surface area contributed by atoms with E-state index in [4.69, 9.17) is 16.7 Å². The van der Waals surface area contributed by atoms with E-state index >= 15 is 0 Å². The van der Waals surface area contributed by atoms with Gasteiger partial charge in [0, 0.05) is 12.6 Å². The summed E-state index contributed by atoms with van der Waals surface area (Å²) in [7, 11) is 0. The van der Waals surface area contributed by atoms with Gasteiger partial charge in [0.15, 0.2) is 0 Å². The van der Waals surface area contributed by atoms with Crippen LogP contribution in [0.2, 0.25) is 0 Å². The highest BCUT2D eigenvalue weighted by Gasteiger charge is 2.03. The Morgan fingerprint density at radius 1 is 1.40 bits per heavy atom. The molecule has 0 aromatic heterocycles. The van der Waals surface area contributed by atoms with Crippen molar-refractivity contribution in [1.82, 2.24) is 5.32 Å². The largest absolute Gasteiger partial charge is 0.376 e. The Bertz CT molecular complexity index is 74.0. The van der Waals surface area contributed by atoms with Gasteiger partial charge in [-0.05, 0) is 12.8 Å². The standard InChI is InChI=1S/C7H16ClNO/c1-3-6(4-2)9-5-7(8)10/h6-7,9-10H,3-5H2,1-2H3. The fraction of sp³-hybridized carbons (Fsp3) is 1.00. The summed E-state index contributed by atoms with van der Waals surface area (Å²) in [5, 5.41) is 11.8. The Labute approximate surface area is 67.6 Å². The normalized spacial score (nSPS) is 14.1. The van der Waals surface area contributed by atoms with Crippen LogP contribution in [0.3, 0.4) is 0 Å². The third-order valence-corrected chi connectivity index (χ3v) is 1.71. The smallest absolute Gasteiger partial charge is 0.140 e. The van der Waals surface area contributed by atoms with Gasteiger partial charge in [0.2, 0.25) is 0 Å². The van der Waals surface area contributed by atoms with E-state index in [-0.39, 0.29) is 0 Å². The molecule has 0 fully saturated rings. The summed E-state index contributed by atoms with van der Waals surface area (Å²) in [6, 6.07) is 0.494. The zero-order valence-corrected chi connectivity index (χ0v) is 7.36. The van der Waals surface area contributed by atoms with Crippen LogP contribution in [-0.4, -0.2) is 23.3 Å². The predicted octanol–water partition coefficient (Wildman–Crippen LogP) is 1.32. The molecule has 0 radical (unpaired) electrons. The van der Waals surface area contributed by atoms with Crippen molar-refractivity contribution in [3.8, 4) is 0 Å². The fourth-order valence-electron chi connectivity index (χ4n) is 0.841. The van der Waals surface area contributed by atoms with Gasteiger partial charge in [-0.2, -0.15) is 0 Å². The van der Waals surface area contributed by atoms with Crippen LogP contribution in [0.1, 0.15) is 26.7 Å². The molecule has 10 heavy (non-hydrogen) atoms. The van der Waals surface area contributed by atoms with Crippen molar-refractivity contribution in [1.29, 1.82) is 0 Å². The Balaban J connectivity index is 3.26. The molecule has 0 aliphatic rings. The molecular weight excluding hydrogens is 150 g/mol. The van der Waals surface area contributed by atoms with Crippen molar-refractivity contribution < 1.29 is 5.11 Å². The van der Waals surface area contributed by atoms with E-state index in [9.17, 15) is 0 Å². The van der Waals surface area contributed by atoms with Crippen LogP contribution in [0.4, 0.5) is 0 Å². The number of rotatable bonds is 5. The van der Waals surface area contributed by atoms with Gasteiger partial charge in [0.05, 0.1) is 0 Å². The van der Waals surface area contributed by atoms with Gasteiger partial charge in [-0.3, -0.25) is 0 Å². The molecule has 1 unspecified atom stereocenters. The Hall–Kier alpha value is 0.210. The molecule has 62 valence electrons. The van der Waals surface area contributed by atoms with Crippen molar-refractivity contribution in [3.63, 3.8) is 0 Å². The summed E-state index contributed by atoms with van der Waals surface area (Å²) in [4.78, 5) is 0. The van der Waals surface area contributed by atoms with Gasteiger partial charge >= 0.3 is 0 Å². The lowest BCUT2D eigenvalue weighted by molar-refractivity contribution is 0.242. The number of halogens is 1. The molecule has 3 heteroatoms. The molecule has 2 N–H and O–H groups in total. The number of alkyl halides is 1. The Kier molecular flexibility index (Phi) is 6.08. The molecular formula is C7H16ClNO. The minimum absolute atomic E-state index is 0.480. The number of hydrogen-bond acceptors (Lipinski definition) is 2. The first-order valence-electron chi connectivity index (χ1n) is 3.76. The van der Waals surface area contributed by atoms with Crippen LogP contribution in [0.5, 0.6) is 0 Å². The Morgan fingerprint density at radius 3 is 2.20 bits per heavy atom. The lowest BCUT2D eigenvalue weighted by Crippen LogP contribution is -2.32. The minimum Gasteiger partial charge on any atom is -0.376 e. The molecule has 0 heterocycles. The van der Waals surface area contributed by atoms with Crippen molar-refractivity contribution in [3.05, 3.63) is 0 Å². The van der Waals surface area contributed by atoms with Gasteiger partial charge in [-0.1, -0.05) is 25.4 Å². The molecule has 0 aromatic carbocycles. The molecule has 0 aliphatic carbocycles. The third-order valence-electron chi connectivity index (χ3n) is 1.56. The second-order valence-corrected chi connectivity index (χ2v) is 2.86. The quantitative estimate of drug-likeness (QED) is 0.603. The third kappa shape index (κ3) is 5.03. The molecule has 0 spiro atoms. The lowest BCUT2D eigenvalue weighted by Gasteiger charge is -2.14. The Morgan fingerprint density at radius 2 is 1.90 bits per heavy atom. The SMILES string of the molecule is CCC(CC)NCC(O)Cl. The van der Waals surface area contributed by atoms with Crippen LogP contribution in [-0.2, 0) is 0 Å². The monoisotopic (exact) mass is 165 g/mol. The van der Waals surface area contributed by atoms with Gasteiger partial charge in [0.1, 0.15) is 5.56 Å². The molecule has 0 bridgehead atoms. The van der Waals surface area contributed by atoms with E-state index in [1.54, 1.807) is 0 Å². The second kappa shape index (κ2) is 5.96. The van der Waals surface area contributed by atoms with E-state index in [0.29, 0.717) is 12.6 Å². The maximum Gasteiger partial charge on any atom is 0.140 e. The molecule has 0 saturated carbocycles. The van der Waals surface area contributed by atoms with Gasteiger partial charge in [-0.15, -0.1) is 0 Å². The summed E-state index contributed by atoms with van der Waals surface area (Å²) >= 11 is 5.33. The summed E-state index contributed by atoms with van der Waals surface area (Å²) < 4.78 is 0. The maximum absolute atomic E-state index is 8.70. The maximum atomic E-state index is 8.70. The average Bonchev–Trinajstić information content (AvgIpc) is 1.90. The predicted molar refractivity (Wildman–Crippen MR) is 44.2 cm³/mol.